The molecule has 21 heavy (non-hydrogen) atoms. The summed E-state index contributed by atoms with van der Waals surface area (Å²) in [6.45, 7) is 1.23. The Labute approximate surface area is 133 Å². The van der Waals surface area contributed by atoms with Crippen molar-refractivity contribution in [3.63, 3.8) is 0 Å². The highest BCUT2D eigenvalue weighted by Crippen LogP contribution is 2.24. The molecule has 1 aromatic heterocycles. The Morgan fingerprint density at radius 1 is 1.10 bits per heavy atom. The van der Waals surface area contributed by atoms with Gasteiger partial charge >= 0.3 is 0 Å². The summed E-state index contributed by atoms with van der Waals surface area (Å²) in [5.74, 6) is 0.977. The van der Waals surface area contributed by atoms with E-state index in [1.54, 1.807) is 6.07 Å². The van der Waals surface area contributed by atoms with E-state index in [4.69, 9.17) is 28.9 Å². The van der Waals surface area contributed by atoms with Crippen molar-refractivity contribution >= 4 is 34.2 Å². The van der Waals surface area contributed by atoms with E-state index in [0.717, 1.165) is 28.8 Å². The molecule has 2 aromatic carbocycles. The summed E-state index contributed by atoms with van der Waals surface area (Å²) in [7, 11) is 0. The van der Waals surface area contributed by atoms with Gasteiger partial charge in [-0.15, -0.1) is 0 Å². The van der Waals surface area contributed by atoms with E-state index in [1.807, 2.05) is 30.3 Å². The molecule has 0 fully saturated rings. The molecule has 0 aliphatic rings. The predicted molar refractivity (Wildman–Crippen MR) is 88.1 cm³/mol. The van der Waals surface area contributed by atoms with Crippen LogP contribution in [0.1, 0.15) is 11.4 Å². The number of hydrogen-bond acceptors (Lipinski definition) is 2. The van der Waals surface area contributed by atoms with Gasteiger partial charge in [-0.25, -0.2) is 4.98 Å². The molecule has 3 nitrogen and oxygen atoms in total. The van der Waals surface area contributed by atoms with E-state index < -0.39 is 0 Å². The third-order valence-corrected chi connectivity index (χ3v) is 4.03. The van der Waals surface area contributed by atoms with Gasteiger partial charge in [-0.05, 0) is 36.4 Å². The number of imidazole rings is 1. The average molecular weight is 320 g/mol. The maximum Gasteiger partial charge on any atom is 0.111 e. The lowest BCUT2D eigenvalue weighted by Crippen LogP contribution is -2.11. The second-order valence-corrected chi connectivity index (χ2v) is 5.72. The van der Waals surface area contributed by atoms with Crippen LogP contribution < -0.4 is 5.73 Å². The Balaban J connectivity index is 2.07. The van der Waals surface area contributed by atoms with Crippen LogP contribution in [0.5, 0.6) is 0 Å². The molecule has 0 aliphatic heterocycles. The molecule has 0 amide bonds. The van der Waals surface area contributed by atoms with Gasteiger partial charge in [0.25, 0.3) is 0 Å². The molecule has 0 unspecified atom stereocenters. The van der Waals surface area contributed by atoms with Gasteiger partial charge < -0.3 is 10.3 Å². The number of benzene rings is 2. The van der Waals surface area contributed by atoms with Crippen molar-refractivity contribution in [1.82, 2.24) is 9.55 Å². The van der Waals surface area contributed by atoms with E-state index in [0.29, 0.717) is 23.1 Å². The number of para-hydroxylation sites is 2. The van der Waals surface area contributed by atoms with Gasteiger partial charge in [-0.1, -0.05) is 41.4 Å². The molecule has 3 aromatic rings. The van der Waals surface area contributed by atoms with Crippen LogP contribution in [0.25, 0.3) is 11.0 Å². The normalized spacial score (nSPS) is 11.2. The Bertz CT molecular complexity index is 780. The first-order valence-corrected chi connectivity index (χ1v) is 7.53. The fourth-order valence-electron chi connectivity index (χ4n) is 2.44. The molecule has 0 spiro atoms. The maximum absolute atomic E-state index is 6.28. The molecule has 108 valence electrons. The van der Waals surface area contributed by atoms with Crippen LogP contribution in [0.4, 0.5) is 0 Å². The molecule has 1 heterocycles. The third kappa shape index (κ3) is 2.91. The lowest BCUT2D eigenvalue weighted by Gasteiger charge is -2.10. The largest absolute Gasteiger partial charge is 0.330 e. The highest BCUT2D eigenvalue weighted by molar-refractivity contribution is 6.35. The minimum Gasteiger partial charge on any atom is -0.330 e. The van der Waals surface area contributed by atoms with Crippen LogP contribution in [-0.4, -0.2) is 16.1 Å². The van der Waals surface area contributed by atoms with Crippen LogP contribution in [0.15, 0.2) is 42.5 Å². The van der Waals surface area contributed by atoms with Gasteiger partial charge in [0.15, 0.2) is 0 Å². The molecule has 0 aliphatic carbocycles. The molecule has 2 N–H and O–H groups in total. The van der Waals surface area contributed by atoms with Crippen molar-refractivity contribution in [2.24, 2.45) is 5.73 Å². The molecule has 0 atom stereocenters. The van der Waals surface area contributed by atoms with E-state index in [9.17, 15) is 0 Å². The van der Waals surface area contributed by atoms with Gasteiger partial charge in [-0.2, -0.15) is 0 Å². The van der Waals surface area contributed by atoms with Gasteiger partial charge in [0.2, 0.25) is 0 Å². The van der Waals surface area contributed by atoms with Crippen LogP contribution in [0, 0.1) is 0 Å². The van der Waals surface area contributed by atoms with Crippen molar-refractivity contribution in [3.8, 4) is 0 Å². The third-order valence-electron chi connectivity index (χ3n) is 3.45. The molecule has 5 heteroatoms. The number of fused-ring (bicyclic) bond motifs is 1. The molecule has 3 rings (SSSR count). The maximum atomic E-state index is 6.28. The van der Waals surface area contributed by atoms with Crippen LogP contribution in [0.3, 0.4) is 0 Å². The number of hydrogen-bond donors (Lipinski definition) is 1. The second kappa shape index (κ2) is 6.06. The highest BCUT2D eigenvalue weighted by atomic mass is 35.5. The Kier molecular flexibility index (Phi) is 4.15. The van der Waals surface area contributed by atoms with Crippen molar-refractivity contribution in [1.29, 1.82) is 0 Å². The SMILES string of the molecule is NCCc1nc2ccccc2n1Cc1ccc(Cl)cc1Cl. The Morgan fingerprint density at radius 2 is 1.90 bits per heavy atom. The Morgan fingerprint density at radius 3 is 2.67 bits per heavy atom. The second-order valence-electron chi connectivity index (χ2n) is 4.88. The van der Waals surface area contributed by atoms with E-state index in [1.165, 1.54) is 0 Å². The number of halogens is 2. The molecular formula is C16H15Cl2N3. The monoisotopic (exact) mass is 319 g/mol. The zero-order valence-corrected chi connectivity index (χ0v) is 12.9. The lowest BCUT2D eigenvalue weighted by molar-refractivity contribution is 0.735. The molecule has 0 saturated heterocycles. The first kappa shape index (κ1) is 14.4. The lowest BCUT2D eigenvalue weighted by atomic mass is 10.2. The number of nitrogens with two attached hydrogens (primary N) is 1. The molecular weight excluding hydrogens is 305 g/mol. The highest BCUT2D eigenvalue weighted by Gasteiger charge is 2.11. The van der Waals surface area contributed by atoms with Crippen molar-refractivity contribution in [3.05, 3.63) is 63.9 Å². The summed E-state index contributed by atoms with van der Waals surface area (Å²) in [6, 6.07) is 13.6. The van der Waals surface area contributed by atoms with E-state index in [2.05, 4.69) is 15.6 Å². The predicted octanol–water partition coefficient (Wildman–Crippen LogP) is 3.89. The van der Waals surface area contributed by atoms with Crippen molar-refractivity contribution in [2.45, 2.75) is 13.0 Å². The first-order chi connectivity index (χ1) is 10.2. The zero-order valence-electron chi connectivity index (χ0n) is 11.4. The van der Waals surface area contributed by atoms with Crippen molar-refractivity contribution < 1.29 is 0 Å². The van der Waals surface area contributed by atoms with Gasteiger partial charge in [0.1, 0.15) is 5.82 Å². The standard InChI is InChI=1S/C16H15Cl2N3/c17-12-6-5-11(13(18)9-12)10-21-15-4-2-1-3-14(15)20-16(21)7-8-19/h1-6,9H,7-8,10,19H2. The van der Waals surface area contributed by atoms with E-state index >= 15 is 0 Å². The van der Waals surface area contributed by atoms with Gasteiger partial charge in [0.05, 0.1) is 17.6 Å². The van der Waals surface area contributed by atoms with Crippen LogP contribution in [-0.2, 0) is 13.0 Å². The summed E-state index contributed by atoms with van der Waals surface area (Å²) in [5, 5.41) is 1.31. The molecule has 0 bridgehead atoms. The number of nitrogens with zero attached hydrogens (tertiary/aromatic N) is 2. The minimum absolute atomic E-state index is 0.567. The first-order valence-electron chi connectivity index (χ1n) is 6.77. The fraction of sp³-hybridized carbons (Fsp3) is 0.188. The summed E-state index contributed by atoms with van der Waals surface area (Å²) in [6.07, 6.45) is 0.736. The van der Waals surface area contributed by atoms with Crippen LogP contribution in [0.2, 0.25) is 10.0 Å². The van der Waals surface area contributed by atoms with Gasteiger partial charge in [0, 0.05) is 16.5 Å². The summed E-state index contributed by atoms with van der Waals surface area (Å²) < 4.78 is 2.16. The number of rotatable bonds is 4. The minimum atomic E-state index is 0.567. The van der Waals surface area contributed by atoms with Gasteiger partial charge in [-0.3, -0.25) is 0 Å². The zero-order chi connectivity index (χ0) is 14.8. The summed E-state index contributed by atoms with van der Waals surface area (Å²) in [4.78, 5) is 4.66. The molecule has 0 saturated carbocycles. The fourth-order valence-corrected chi connectivity index (χ4v) is 2.91. The van der Waals surface area contributed by atoms with E-state index in [-0.39, 0.29) is 0 Å². The average Bonchev–Trinajstić information content (AvgIpc) is 2.80. The molecule has 0 radical (unpaired) electrons. The number of aromatic nitrogens is 2. The van der Waals surface area contributed by atoms with Crippen molar-refractivity contribution in [2.75, 3.05) is 6.54 Å². The quantitative estimate of drug-likeness (QED) is 0.792. The topological polar surface area (TPSA) is 43.8 Å². The van der Waals surface area contributed by atoms with Crippen LogP contribution >= 0.6 is 23.2 Å². The smallest absolute Gasteiger partial charge is 0.111 e. The summed E-state index contributed by atoms with van der Waals surface area (Å²) >= 11 is 12.2. The summed E-state index contributed by atoms with van der Waals surface area (Å²) in [5.41, 5.74) is 8.78. The Hall–Kier alpha value is -1.55.